The predicted molar refractivity (Wildman–Crippen MR) is 226 cm³/mol. The van der Waals surface area contributed by atoms with Crippen molar-refractivity contribution in [1.29, 1.82) is 0 Å². The molecule has 0 aliphatic heterocycles. The number of carboxylic acid groups (broad SMARTS) is 1. The maximum atomic E-state index is 12.6. The number of esters is 2. The molecule has 0 aromatic carbocycles. The van der Waals surface area contributed by atoms with Gasteiger partial charge in [-0.2, -0.15) is 0 Å². The van der Waals surface area contributed by atoms with Crippen LogP contribution in [0.4, 0.5) is 0 Å². The summed E-state index contributed by atoms with van der Waals surface area (Å²) in [6, 6.07) is -1.52. The van der Waals surface area contributed by atoms with Crippen LogP contribution in [0.25, 0.3) is 0 Å². The van der Waals surface area contributed by atoms with Gasteiger partial charge in [0.25, 0.3) is 0 Å². The van der Waals surface area contributed by atoms with Crippen LogP contribution in [0.5, 0.6) is 0 Å². The number of phosphoric ester groups is 1. The number of hydrogen-bond donors (Lipinski definition) is 3. The Morgan fingerprint density at radius 2 is 0.893 bits per heavy atom. The van der Waals surface area contributed by atoms with E-state index < -0.39 is 51.1 Å². The van der Waals surface area contributed by atoms with Crippen molar-refractivity contribution in [2.24, 2.45) is 5.73 Å². The van der Waals surface area contributed by atoms with Crippen LogP contribution in [0.2, 0.25) is 0 Å². The van der Waals surface area contributed by atoms with Crippen molar-refractivity contribution in [2.75, 3.05) is 19.8 Å². The highest BCUT2D eigenvalue weighted by atomic mass is 31.2. The van der Waals surface area contributed by atoms with Gasteiger partial charge in [-0.15, -0.1) is 0 Å². The van der Waals surface area contributed by atoms with Crippen LogP contribution in [0.1, 0.15) is 219 Å². The fourth-order valence-electron chi connectivity index (χ4n) is 6.41. The number of unbranched alkanes of at least 4 members (excludes halogenated alkanes) is 27. The van der Waals surface area contributed by atoms with E-state index in [1.165, 1.54) is 122 Å². The largest absolute Gasteiger partial charge is 0.480 e. The fraction of sp³-hybridized carbons (Fsp3) is 0.886. The van der Waals surface area contributed by atoms with Crippen molar-refractivity contribution in [1.82, 2.24) is 0 Å². The van der Waals surface area contributed by atoms with E-state index in [9.17, 15) is 23.8 Å². The van der Waals surface area contributed by atoms with Gasteiger partial charge in [0.05, 0.1) is 13.2 Å². The predicted octanol–water partition coefficient (Wildman–Crippen LogP) is 12.1. The maximum Gasteiger partial charge on any atom is 0.472 e. The summed E-state index contributed by atoms with van der Waals surface area (Å²) in [5.74, 6) is -2.37. The Balaban J connectivity index is 4.27. The third-order valence-electron chi connectivity index (χ3n) is 10.0. The molecule has 0 saturated heterocycles. The molecule has 0 heterocycles. The van der Waals surface area contributed by atoms with Gasteiger partial charge in [0, 0.05) is 12.8 Å². The molecule has 11 nitrogen and oxygen atoms in total. The molecule has 0 fully saturated rings. The summed E-state index contributed by atoms with van der Waals surface area (Å²) in [6.07, 6.45) is 39.9. The second-order valence-electron chi connectivity index (χ2n) is 15.5. The second-order valence-corrected chi connectivity index (χ2v) is 17.0. The summed E-state index contributed by atoms with van der Waals surface area (Å²) < 4.78 is 32.7. The zero-order chi connectivity index (χ0) is 41.4. The third kappa shape index (κ3) is 39.1. The molecule has 0 spiro atoms. The van der Waals surface area contributed by atoms with Gasteiger partial charge in [-0.3, -0.25) is 23.4 Å². The van der Waals surface area contributed by atoms with Crippen molar-refractivity contribution in [3.8, 4) is 0 Å². The lowest BCUT2D eigenvalue weighted by molar-refractivity contribution is -0.161. The summed E-state index contributed by atoms with van der Waals surface area (Å²) in [7, 11) is -4.71. The maximum absolute atomic E-state index is 12.6. The van der Waals surface area contributed by atoms with E-state index in [0.717, 1.165) is 57.8 Å². The number of carbonyl (C=O) groups is 3. The van der Waals surface area contributed by atoms with Crippen LogP contribution in [-0.4, -0.2) is 59.9 Å². The first-order valence-electron chi connectivity index (χ1n) is 22.7. The lowest BCUT2D eigenvalue weighted by atomic mass is 10.0. The summed E-state index contributed by atoms with van der Waals surface area (Å²) in [5, 5.41) is 8.89. The molecule has 0 aliphatic rings. The molecule has 0 aromatic rings. The Labute approximate surface area is 341 Å². The minimum Gasteiger partial charge on any atom is -0.480 e. The number of ether oxygens (including phenoxy) is 2. The second kappa shape index (κ2) is 40.0. The SMILES string of the molecule is CCCCCC/C=C/CCCCCCCC(=O)O[C@@H](COC(=O)CCCCCCCCCCCCCCCCCCCCC)COP(=O)(O)OC[C@@H](N)C(=O)O. The smallest absolute Gasteiger partial charge is 0.472 e. The molecule has 0 bridgehead atoms. The summed E-state index contributed by atoms with van der Waals surface area (Å²) in [5.41, 5.74) is 5.33. The first-order valence-corrected chi connectivity index (χ1v) is 24.2. The van der Waals surface area contributed by atoms with E-state index in [1.807, 2.05) is 0 Å². The molecule has 1 unspecified atom stereocenters. The Morgan fingerprint density at radius 1 is 0.536 bits per heavy atom. The molecule has 330 valence electrons. The lowest BCUT2D eigenvalue weighted by Gasteiger charge is -2.20. The number of carbonyl (C=O) groups excluding carboxylic acids is 2. The van der Waals surface area contributed by atoms with E-state index in [4.69, 9.17) is 24.8 Å². The Kier molecular flexibility index (Phi) is 38.7. The van der Waals surface area contributed by atoms with Gasteiger partial charge in [0.2, 0.25) is 0 Å². The summed E-state index contributed by atoms with van der Waals surface area (Å²) in [4.78, 5) is 45.9. The van der Waals surface area contributed by atoms with Gasteiger partial charge in [-0.25, -0.2) is 4.57 Å². The van der Waals surface area contributed by atoms with E-state index in [1.54, 1.807) is 0 Å². The van der Waals surface area contributed by atoms with Crippen LogP contribution in [-0.2, 0) is 37.5 Å². The molecule has 12 heteroatoms. The van der Waals surface area contributed by atoms with Crippen molar-refractivity contribution in [2.45, 2.75) is 231 Å². The van der Waals surface area contributed by atoms with Crippen molar-refractivity contribution >= 4 is 25.7 Å². The number of allylic oxidation sites excluding steroid dienone is 2. The molecule has 0 radical (unpaired) electrons. The monoisotopic (exact) mass is 818 g/mol. The standard InChI is InChI=1S/C44H84NO10P/c1-3-5-7-9-11-13-15-17-18-19-20-21-22-24-25-27-29-31-33-35-42(46)52-37-40(38-53-56(50,51)54-39-41(45)44(48)49)55-43(47)36-34-32-30-28-26-23-16-14-12-10-8-6-4-2/h14,16,40-41H,3-13,15,17-39,45H2,1-2H3,(H,48,49)(H,50,51)/b16-14+/t40-,41+/m0/s1. The number of rotatable bonds is 43. The molecule has 56 heavy (non-hydrogen) atoms. The Morgan fingerprint density at radius 3 is 1.32 bits per heavy atom. The van der Waals surface area contributed by atoms with Crippen molar-refractivity contribution < 1.29 is 47.5 Å². The van der Waals surface area contributed by atoms with Crippen LogP contribution in [0, 0.1) is 0 Å². The summed E-state index contributed by atoms with van der Waals surface area (Å²) >= 11 is 0. The first kappa shape index (κ1) is 54.2. The fourth-order valence-corrected chi connectivity index (χ4v) is 7.19. The van der Waals surface area contributed by atoms with E-state index in [-0.39, 0.29) is 19.4 Å². The van der Waals surface area contributed by atoms with Crippen LogP contribution in [0.3, 0.4) is 0 Å². The van der Waals surface area contributed by atoms with Crippen LogP contribution in [0.15, 0.2) is 12.2 Å². The third-order valence-corrected chi connectivity index (χ3v) is 11.0. The highest BCUT2D eigenvalue weighted by molar-refractivity contribution is 7.47. The van der Waals surface area contributed by atoms with Gasteiger partial charge in [0.15, 0.2) is 6.10 Å². The number of aliphatic carboxylic acids is 1. The van der Waals surface area contributed by atoms with Gasteiger partial charge in [-0.1, -0.05) is 180 Å². The molecular formula is C44H84NO10P. The number of carboxylic acids is 1. The molecule has 0 aromatic heterocycles. The van der Waals surface area contributed by atoms with Gasteiger partial charge in [0.1, 0.15) is 12.6 Å². The van der Waals surface area contributed by atoms with E-state index in [0.29, 0.717) is 12.8 Å². The molecule has 0 rings (SSSR count). The summed E-state index contributed by atoms with van der Waals surface area (Å²) in [6.45, 7) is 2.80. The van der Waals surface area contributed by atoms with Crippen LogP contribution >= 0.6 is 7.82 Å². The van der Waals surface area contributed by atoms with Gasteiger partial charge >= 0.3 is 25.7 Å². The Bertz CT molecular complexity index is 1010. The number of phosphoric acid groups is 1. The lowest BCUT2D eigenvalue weighted by Crippen LogP contribution is -2.34. The van der Waals surface area contributed by atoms with Gasteiger partial charge < -0.3 is 25.2 Å². The minimum atomic E-state index is -4.71. The zero-order valence-electron chi connectivity index (χ0n) is 35.7. The Hall–Kier alpha value is -1.78. The highest BCUT2D eigenvalue weighted by Crippen LogP contribution is 2.43. The minimum absolute atomic E-state index is 0.155. The zero-order valence-corrected chi connectivity index (χ0v) is 36.6. The molecule has 0 saturated carbocycles. The van der Waals surface area contributed by atoms with E-state index in [2.05, 4.69) is 30.5 Å². The van der Waals surface area contributed by atoms with Crippen molar-refractivity contribution in [3.05, 3.63) is 12.2 Å². The quantitative estimate of drug-likeness (QED) is 0.0231. The normalized spacial score (nSPS) is 13.8. The molecule has 0 amide bonds. The van der Waals surface area contributed by atoms with Crippen molar-refractivity contribution in [3.63, 3.8) is 0 Å². The molecule has 0 aliphatic carbocycles. The highest BCUT2D eigenvalue weighted by Gasteiger charge is 2.28. The van der Waals surface area contributed by atoms with Crippen LogP contribution < -0.4 is 5.73 Å². The first-order chi connectivity index (χ1) is 27.1. The van der Waals surface area contributed by atoms with E-state index >= 15 is 0 Å². The molecule has 4 N–H and O–H groups in total. The average molecular weight is 818 g/mol. The number of hydrogen-bond acceptors (Lipinski definition) is 9. The number of nitrogens with two attached hydrogens (primary N) is 1. The molecule has 3 atom stereocenters. The van der Waals surface area contributed by atoms with Gasteiger partial charge in [-0.05, 0) is 38.5 Å². The topological polar surface area (TPSA) is 172 Å². The average Bonchev–Trinajstić information content (AvgIpc) is 3.17. The molecular weight excluding hydrogens is 733 g/mol.